The van der Waals surface area contributed by atoms with E-state index in [0.29, 0.717) is 0 Å². The molecule has 0 radical (unpaired) electrons. The van der Waals surface area contributed by atoms with Gasteiger partial charge in [-0.25, -0.2) is 9.59 Å². The highest BCUT2D eigenvalue weighted by atomic mass is 16.6. The van der Waals surface area contributed by atoms with E-state index in [1.54, 1.807) is 12.1 Å². The Bertz CT molecular complexity index is 693. The molecule has 7 nitrogen and oxygen atoms in total. The zero-order valence-electron chi connectivity index (χ0n) is 12.7. The lowest BCUT2D eigenvalue weighted by molar-refractivity contribution is -0.153. The lowest BCUT2D eigenvalue weighted by atomic mass is 9.98. The number of hydrogen-bond acceptors (Lipinski definition) is 7. The van der Waals surface area contributed by atoms with Crippen LogP contribution in [0.3, 0.4) is 0 Å². The van der Waals surface area contributed by atoms with Crippen molar-refractivity contribution in [1.29, 1.82) is 0 Å². The van der Waals surface area contributed by atoms with E-state index in [1.807, 2.05) is 0 Å². The van der Waals surface area contributed by atoms with Gasteiger partial charge < -0.3 is 14.2 Å². The highest BCUT2D eigenvalue weighted by Gasteiger charge is 2.42. The molecular weight excluding hydrogens is 304 g/mol. The maximum atomic E-state index is 12.5. The van der Waals surface area contributed by atoms with E-state index in [2.05, 4.69) is 9.47 Å². The van der Waals surface area contributed by atoms with E-state index in [4.69, 9.17) is 4.74 Å². The summed E-state index contributed by atoms with van der Waals surface area (Å²) in [4.78, 5) is 48.9. The van der Waals surface area contributed by atoms with Crippen LogP contribution in [0.2, 0.25) is 0 Å². The molecule has 0 aromatic heterocycles. The first-order valence-electron chi connectivity index (χ1n) is 6.59. The highest BCUT2D eigenvalue weighted by molar-refractivity contribution is 6.41. The number of allylic oxidation sites excluding steroid dienone is 1. The molecule has 0 saturated carbocycles. The molecule has 0 bridgehead atoms. The standard InChI is InChI=1S/C16H14O7/c1-21-14(16(20)23-3)11(15(19)22-2)10-12(17)8-6-4-5-7-9(8)13(10)18/h4-7,14H,1-3H3. The maximum Gasteiger partial charge on any atom is 0.339 e. The van der Waals surface area contributed by atoms with Crippen LogP contribution in [0.5, 0.6) is 0 Å². The summed E-state index contributed by atoms with van der Waals surface area (Å²) in [5.41, 5.74) is -0.578. The zero-order chi connectivity index (χ0) is 17.1. The van der Waals surface area contributed by atoms with E-state index in [9.17, 15) is 19.2 Å². The molecule has 1 unspecified atom stereocenters. The van der Waals surface area contributed by atoms with Crippen LogP contribution in [0.1, 0.15) is 20.7 Å². The van der Waals surface area contributed by atoms with Crippen molar-refractivity contribution in [1.82, 2.24) is 0 Å². The van der Waals surface area contributed by atoms with Gasteiger partial charge in [0.25, 0.3) is 0 Å². The van der Waals surface area contributed by atoms with Crippen molar-refractivity contribution in [3.8, 4) is 0 Å². The van der Waals surface area contributed by atoms with E-state index in [0.717, 1.165) is 21.3 Å². The van der Waals surface area contributed by atoms with Crippen LogP contribution < -0.4 is 0 Å². The smallest absolute Gasteiger partial charge is 0.339 e. The molecule has 23 heavy (non-hydrogen) atoms. The number of hydrogen-bond donors (Lipinski definition) is 0. The van der Waals surface area contributed by atoms with Gasteiger partial charge in [0.2, 0.25) is 0 Å². The number of rotatable bonds is 4. The summed E-state index contributed by atoms with van der Waals surface area (Å²) in [5, 5.41) is 0. The van der Waals surface area contributed by atoms with Crippen molar-refractivity contribution in [3.05, 3.63) is 46.5 Å². The molecule has 0 fully saturated rings. The summed E-state index contributed by atoms with van der Waals surface area (Å²) in [6.45, 7) is 0. The average molecular weight is 318 g/mol. The second kappa shape index (κ2) is 6.53. The molecule has 1 aromatic rings. The Balaban J connectivity index is 2.70. The van der Waals surface area contributed by atoms with E-state index in [1.165, 1.54) is 12.1 Å². The number of ether oxygens (including phenoxy) is 3. The zero-order valence-corrected chi connectivity index (χ0v) is 12.7. The predicted octanol–water partition coefficient (Wildman–Crippen LogP) is 0.723. The minimum atomic E-state index is -1.54. The number of ketones is 2. The molecule has 0 aliphatic heterocycles. The number of carbonyl (C=O) groups is 4. The van der Waals surface area contributed by atoms with Crippen molar-refractivity contribution in [2.45, 2.75) is 6.10 Å². The largest absolute Gasteiger partial charge is 0.467 e. The van der Waals surface area contributed by atoms with Gasteiger partial charge in [-0.2, -0.15) is 0 Å². The van der Waals surface area contributed by atoms with Gasteiger partial charge in [-0.1, -0.05) is 24.3 Å². The van der Waals surface area contributed by atoms with Crippen LogP contribution in [-0.2, 0) is 23.8 Å². The molecule has 0 spiro atoms. The number of methoxy groups -OCH3 is 3. The summed E-state index contributed by atoms with van der Waals surface area (Å²) in [7, 11) is 3.33. The van der Waals surface area contributed by atoms with Gasteiger partial charge >= 0.3 is 11.9 Å². The molecule has 7 heteroatoms. The molecule has 1 aliphatic rings. The summed E-state index contributed by atoms with van der Waals surface area (Å²) < 4.78 is 14.1. The van der Waals surface area contributed by atoms with Gasteiger partial charge in [-0.15, -0.1) is 0 Å². The van der Waals surface area contributed by atoms with Crippen LogP contribution in [0.4, 0.5) is 0 Å². The Kier molecular flexibility index (Phi) is 4.71. The lowest BCUT2D eigenvalue weighted by Crippen LogP contribution is -2.33. The quantitative estimate of drug-likeness (QED) is 0.458. The van der Waals surface area contributed by atoms with Gasteiger partial charge in [0.05, 0.1) is 25.4 Å². The summed E-state index contributed by atoms with van der Waals surface area (Å²) in [5.74, 6) is -3.24. The molecule has 0 N–H and O–H groups in total. The van der Waals surface area contributed by atoms with Crippen molar-refractivity contribution < 1.29 is 33.4 Å². The van der Waals surface area contributed by atoms with Gasteiger partial charge in [-0.05, 0) is 0 Å². The van der Waals surface area contributed by atoms with E-state index < -0.39 is 40.8 Å². The average Bonchev–Trinajstić information content (AvgIpc) is 2.83. The molecule has 1 atom stereocenters. The minimum Gasteiger partial charge on any atom is -0.467 e. The fourth-order valence-electron chi connectivity index (χ4n) is 2.39. The third-order valence-corrected chi connectivity index (χ3v) is 3.46. The van der Waals surface area contributed by atoms with Gasteiger partial charge in [0, 0.05) is 18.2 Å². The Morgan fingerprint density at radius 2 is 1.43 bits per heavy atom. The first kappa shape index (κ1) is 16.6. The van der Waals surface area contributed by atoms with Crippen molar-refractivity contribution >= 4 is 23.5 Å². The van der Waals surface area contributed by atoms with Crippen LogP contribution in [0, 0.1) is 0 Å². The Hall–Kier alpha value is -2.80. The van der Waals surface area contributed by atoms with Gasteiger partial charge in [0.1, 0.15) is 0 Å². The normalized spacial score (nSPS) is 14.3. The fourth-order valence-corrected chi connectivity index (χ4v) is 2.39. The van der Waals surface area contributed by atoms with E-state index in [-0.39, 0.29) is 11.1 Å². The predicted molar refractivity (Wildman–Crippen MR) is 77.0 cm³/mol. The summed E-state index contributed by atoms with van der Waals surface area (Å²) >= 11 is 0. The van der Waals surface area contributed by atoms with Crippen LogP contribution in [-0.4, -0.2) is 50.9 Å². The molecular formula is C16H14O7. The molecule has 0 heterocycles. The minimum absolute atomic E-state index is 0.161. The number of fused-ring (bicyclic) bond motifs is 1. The van der Waals surface area contributed by atoms with Gasteiger partial charge in [-0.3, -0.25) is 9.59 Å². The number of carbonyl (C=O) groups excluding carboxylic acids is 4. The Labute approximate surface area is 131 Å². The van der Waals surface area contributed by atoms with Crippen molar-refractivity contribution in [3.63, 3.8) is 0 Å². The number of Topliss-reactive ketones (excluding diaryl/α,β-unsaturated/α-hetero) is 2. The summed E-state index contributed by atoms with van der Waals surface area (Å²) in [6.07, 6.45) is -1.54. The number of esters is 2. The number of benzene rings is 1. The van der Waals surface area contributed by atoms with Crippen molar-refractivity contribution in [2.75, 3.05) is 21.3 Å². The van der Waals surface area contributed by atoms with Crippen LogP contribution >= 0.6 is 0 Å². The Morgan fingerprint density at radius 3 is 1.83 bits per heavy atom. The lowest BCUT2D eigenvalue weighted by Gasteiger charge is -2.16. The van der Waals surface area contributed by atoms with Crippen LogP contribution in [0.15, 0.2) is 35.4 Å². The SMILES string of the molecule is COC(=O)C(=C1C(=O)c2ccccc2C1=O)C(OC)C(=O)OC. The maximum absolute atomic E-state index is 12.5. The van der Waals surface area contributed by atoms with Gasteiger partial charge in [0.15, 0.2) is 17.7 Å². The molecule has 2 rings (SSSR count). The molecule has 1 aromatic carbocycles. The first-order chi connectivity index (χ1) is 11.0. The fraction of sp³-hybridized carbons (Fsp3) is 0.250. The molecule has 0 amide bonds. The first-order valence-corrected chi connectivity index (χ1v) is 6.59. The third kappa shape index (κ3) is 2.66. The monoisotopic (exact) mass is 318 g/mol. The molecule has 120 valence electrons. The second-order valence-electron chi connectivity index (χ2n) is 4.62. The second-order valence-corrected chi connectivity index (χ2v) is 4.62. The molecule has 0 saturated heterocycles. The van der Waals surface area contributed by atoms with E-state index >= 15 is 0 Å². The third-order valence-electron chi connectivity index (χ3n) is 3.46. The Morgan fingerprint density at radius 1 is 0.913 bits per heavy atom. The summed E-state index contributed by atoms with van der Waals surface area (Å²) in [6, 6.07) is 6.13. The van der Waals surface area contributed by atoms with Crippen molar-refractivity contribution in [2.24, 2.45) is 0 Å². The topological polar surface area (TPSA) is 96.0 Å². The van der Waals surface area contributed by atoms with Crippen LogP contribution in [0.25, 0.3) is 0 Å². The highest BCUT2D eigenvalue weighted by Crippen LogP contribution is 2.30. The molecule has 1 aliphatic carbocycles.